The Morgan fingerprint density at radius 3 is 2.69 bits per heavy atom. The molecule has 0 aliphatic heterocycles. The van der Waals surface area contributed by atoms with Crippen LogP contribution in [0.1, 0.15) is 70.6 Å². The summed E-state index contributed by atoms with van der Waals surface area (Å²) in [7, 11) is 0. The molecule has 2 aliphatic carbocycles. The normalized spacial score (nSPS) is 24.0. The van der Waals surface area contributed by atoms with Gasteiger partial charge < -0.3 is 0 Å². The molecule has 0 aromatic carbocycles. The van der Waals surface area contributed by atoms with Gasteiger partial charge in [0.1, 0.15) is 0 Å². The van der Waals surface area contributed by atoms with E-state index in [2.05, 4.69) is 6.08 Å². The van der Waals surface area contributed by atoms with Crippen molar-refractivity contribution in [2.24, 2.45) is 5.92 Å². The van der Waals surface area contributed by atoms with Crippen molar-refractivity contribution < 1.29 is 4.79 Å². The van der Waals surface area contributed by atoms with Gasteiger partial charge in [0.2, 0.25) is 0 Å². The molecule has 0 bridgehead atoms. The zero-order chi connectivity index (χ0) is 11.2. The lowest BCUT2D eigenvalue weighted by atomic mass is 9.84. The zero-order valence-corrected chi connectivity index (χ0v) is 10.3. The van der Waals surface area contributed by atoms with Gasteiger partial charge in [-0.1, -0.05) is 38.2 Å². The van der Waals surface area contributed by atoms with E-state index >= 15 is 0 Å². The van der Waals surface area contributed by atoms with Crippen LogP contribution in [-0.2, 0) is 4.79 Å². The molecule has 0 atom stereocenters. The van der Waals surface area contributed by atoms with Crippen molar-refractivity contribution in [1.82, 2.24) is 0 Å². The summed E-state index contributed by atoms with van der Waals surface area (Å²) in [4.78, 5) is 11.8. The number of hydrogen-bond donors (Lipinski definition) is 0. The van der Waals surface area contributed by atoms with E-state index in [0.717, 1.165) is 37.2 Å². The van der Waals surface area contributed by atoms with Crippen molar-refractivity contribution in [1.29, 1.82) is 0 Å². The zero-order valence-electron chi connectivity index (χ0n) is 10.3. The Morgan fingerprint density at radius 1 is 1.06 bits per heavy atom. The van der Waals surface area contributed by atoms with Crippen LogP contribution in [0.5, 0.6) is 0 Å². The molecule has 16 heavy (non-hydrogen) atoms. The summed E-state index contributed by atoms with van der Waals surface area (Å²) >= 11 is 0. The molecule has 0 N–H and O–H groups in total. The van der Waals surface area contributed by atoms with Crippen LogP contribution in [0.25, 0.3) is 0 Å². The van der Waals surface area contributed by atoms with Gasteiger partial charge in [-0.15, -0.1) is 0 Å². The highest BCUT2D eigenvalue weighted by Crippen LogP contribution is 2.29. The quantitative estimate of drug-likeness (QED) is 0.688. The van der Waals surface area contributed by atoms with Crippen LogP contribution in [0.2, 0.25) is 0 Å². The predicted molar refractivity (Wildman–Crippen MR) is 67.4 cm³/mol. The minimum Gasteiger partial charge on any atom is -0.295 e. The van der Waals surface area contributed by atoms with E-state index in [-0.39, 0.29) is 0 Å². The number of allylic oxidation sites excluding steroid dienone is 2. The van der Waals surface area contributed by atoms with Crippen LogP contribution >= 0.6 is 0 Å². The number of hydrogen-bond acceptors (Lipinski definition) is 1. The summed E-state index contributed by atoms with van der Waals surface area (Å²) in [5, 5.41) is 0. The Hall–Kier alpha value is -0.590. The first kappa shape index (κ1) is 11.9. The van der Waals surface area contributed by atoms with Crippen molar-refractivity contribution >= 4 is 5.78 Å². The Balaban J connectivity index is 1.78. The molecule has 2 aliphatic rings. The van der Waals surface area contributed by atoms with Crippen LogP contribution < -0.4 is 0 Å². The lowest BCUT2D eigenvalue weighted by Crippen LogP contribution is -2.08. The molecular formula is C15H24O. The van der Waals surface area contributed by atoms with Gasteiger partial charge in [-0.2, -0.15) is 0 Å². The summed E-state index contributed by atoms with van der Waals surface area (Å²) in [6, 6.07) is 0. The third kappa shape index (κ3) is 3.47. The van der Waals surface area contributed by atoms with Gasteiger partial charge in [0, 0.05) is 6.42 Å². The molecule has 1 heteroatoms. The Labute approximate surface area is 99.3 Å². The van der Waals surface area contributed by atoms with Gasteiger partial charge in [0.05, 0.1) is 0 Å². The van der Waals surface area contributed by atoms with Gasteiger partial charge in [-0.25, -0.2) is 0 Å². The molecule has 2 rings (SSSR count). The molecule has 90 valence electrons. The topological polar surface area (TPSA) is 17.1 Å². The largest absolute Gasteiger partial charge is 0.295 e. The maximum absolute atomic E-state index is 11.8. The first-order chi connectivity index (χ1) is 7.86. The molecule has 0 unspecified atom stereocenters. The van der Waals surface area contributed by atoms with Crippen molar-refractivity contribution in [3.8, 4) is 0 Å². The highest BCUT2D eigenvalue weighted by molar-refractivity contribution is 5.95. The molecule has 0 spiro atoms. The smallest absolute Gasteiger partial charge is 0.158 e. The summed E-state index contributed by atoms with van der Waals surface area (Å²) in [5.74, 6) is 1.35. The summed E-state index contributed by atoms with van der Waals surface area (Å²) in [6.07, 6.45) is 15.8. The summed E-state index contributed by atoms with van der Waals surface area (Å²) < 4.78 is 0. The van der Waals surface area contributed by atoms with E-state index in [1.54, 1.807) is 0 Å². The molecular weight excluding hydrogens is 196 g/mol. The first-order valence-electron chi connectivity index (χ1n) is 7.08. The summed E-state index contributed by atoms with van der Waals surface area (Å²) in [6.45, 7) is 0. The average molecular weight is 220 g/mol. The van der Waals surface area contributed by atoms with Gasteiger partial charge >= 0.3 is 0 Å². The Bertz CT molecular complexity index is 259. The van der Waals surface area contributed by atoms with Gasteiger partial charge in [-0.3, -0.25) is 4.79 Å². The van der Waals surface area contributed by atoms with E-state index in [9.17, 15) is 4.79 Å². The number of carbonyl (C=O) groups excluding carboxylic acids is 1. The highest BCUT2D eigenvalue weighted by atomic mass is 16.1. The molecule has 0 radical (unpaired) electrons. The molecule has 0 aromatic rings. The fraction of sp³-hybridized carbons (Fsp3) is 0.800. The highest BCUT2D eigenvalue weighted by Gasteiger charge is 2.17. The maximum Gasteiger partial charge on any atom is 0.158 e. The van der Waals surface area contributed by atoms with Gasteiger partial charge in [0.25, 0.3) is 0 Å². The van der Waals surface area contributed by atoms with E-state index in [1.165, 1.54) is 44.9 Å². The lowest BCUT2D eigenvalue weighted by Gasteiger charge is -2.21. The number of Topliss-reactive ketones (excluding diaryl/α,β-unsaturated/α-hetero) is 1. The third-order valence-corrected chi connectivity index (χ3v) is 4.15. The lowest BCUT2D eigenvalue weighted by molar-refractivity contribution is -0.115. The van der Waals surface area contributed by atoms with Crippen LogP contribution in [0, 0.1) is 5.92 Å². The van der Waals surface area contributed by atoms with Crippen molar-refractivity contribution in [2.75, 3.05) is 0 Å². The minimum atomic E-state index is 0.438. The first-order valence-corrected chi connectivity index (χ1v) is 7.08. The van der Waals surface area contributed by atoms with E-state index < -0.39 is 0 Å². The molecule has 0 aromatic heterocycles. The maximum atomic E-state index is 11.8. The van der Waals surface area contributed by atoms with Crippen LogP contribution in [0.15, 0.2) is 11.6 Å². The second-order valence-electron chi connectivity index (χ2n) is 5.44. The van der Waals surface area contributed by atoms with Crippen LogP contribution in [-0.4, -0.2) is 5.78 Å². The summed E-state index contributed by atoms with van der Waals surface area (Å²) in [5.41, 5.74) is 1.16. The van der Waals surface area contributed by atoms with Gasteiger partial charge in [-0.05, 0) is 43.6 Å². The molecule has 0 heterocycles. The van der Waals surface area contributed by atoms with E-state index in [1.807, 2.05) is 0 Å². The monoisotopic (exact) mass is 220 g/mol. The molecule has 0 saturated heterocycles. The van der Waals surface area contributed by atoms with Crippen LogP contribution in [0.3, 0.4) is 0 Å². The van der Waals surface area contributed by atoms with Crippen molar-refractivity contribution in [2.45, 2.75) is 70.6 Å². The molecule has 1 nitrogen and oxygen atoms in total. The second-order valence-corrected chi connectivity index (χ2v) is 5.44. The van der Waals surface area contributed by atoms with Crippen molar-refractivity contribution in [3.63, 3.8) is 0 Å². The third-order valence-electron chi connectivity index (χ3n) is 4.15. The Kier molecular flexibility index (Phi) is 4.62. The molecule has 0 amide bonds. The standard InChI is InChI=1S/C15H24O/c16-15-10-6-2-5-9-14(15)12-11-13-7-3-1-4-8-13/h9,13H,1-8,10-12H2. The number of rotatable bonds is 3. The van der Waals surface area contributed by atoms with Crippen LogP contribution in [0.4, 0.5) is 0 Å². The van der Waals surface area contributed by atoms with Gasteiger partial charge in [0.15, 0.2) is 5.78 Å². The number of carbonyl (C=O) groups is 1. The Morgan fingerprint density at radius 2 is 1.88 bits per heavy atom. The van der Waals surface area contributed by atoms with E-state index in [4.69, 9.17) is 0 Å². The predicted octanol–water partition coefficient (Wildman–Crippen LogP) is 4.42. The fourth-order valence-corrected chi connectivity index (χ4v) is 3.06. The average Bonchev–Trinajstić information content (AvgIpc) is 2.53. The fourth-order valence-electron chi connectivity index (χ4n) is 3.06. The SMILES string of the molecule is O=C1CCCCC=C1CCC1CCCCC1. The minimum absolute atomic E-state index is 0.438. The van der Waals surface area contributed by atoms with Crippen molar-refractivity contribution in [3.05, 3.63) is 11.6 Å². The second kappa shape index (κ2) is 6.22. The van der Waals surface area contributed by atoms with E-state index in [0.29, 0.717) is 5.78 Å². The number of ketones is 1. The molecule has 1 saturated carbocycles. The molecule has 1 fully saturated rings.